The van der Waals surface area contributed by atoms with Crippen LogP contribution in [0.2, 0.25) is 0 Å². The normalized spacial score (nSPS) is 17.6. The topological polar surface area (TPSA) is 41.1 Å². The van der Waals surface area contributed by atoms with Gasteiger partial charge in [-0.25, -0.2) is 22.0 Å². The first-order valence-corrected chi connectivity index (χ1v) is 6.31. The van der Waals surface area contributed by atoms with E-state index in [0.29, 0.717) is 25.9 Å². The zero-order valence-corrected chi connectivity index (χ0v) is 11.1. The summed E-state index contributed by atoms with van der Waals surface area (Å²) in [6, 6.07) is 0. The third kappa shape index (κ3) is 2.85. The smallest absolute Gasteiger partial charge is 0.257 e. The van der Waals surface area contributed by atoms with Crippen molar-refractivity contribution in [3.63, 3.8) is 0 Å². The highest BCUT2D eigenvalue weighted by atomic mass is 19.2. The number of halogens is 5. The minimum atomic E-state index is -2.28. The van der Waals surface area contributed by atoms with Gasteiger partial charge in [-0.3, -0.25) is 4.79 Å². The van der Waals surface area contributed by atoms with Crippen molar-refractivity contribution in [1.82, 2.24) is 10.6 Å². The van der Waals surface area contributed by atoms with E-state index in [9.17, 15) is 26.7 Å². The second-order valence-corrected chi connectivity index (χ2v) is 5.21. The van der Waals surface area contributed by atoms with Gasteiger partial charge >= 0.3 is 0 Å². The summed E-state index contributed by atoms with van der Waals surface area (Å²) in [7, 11) is 0. The standard InChI is InChI=1S/C13H13F5N2O/c1-13(2-4-19-5-3-13)20-12(21)6-7(14)9(16)11(18)10(17)8(6)15/h19H,2-5H2,1H3,(H,20,21). The highest BCUT2D eigenvalue weighted by Crippen LogP contribution is 2.24. The molecule has 3 nitrogen and oxygen atoms in total. The molecule has 2 rings (SSSR count). The first kappa shape index (κ1) is 15.7. The van der Waals surface area contributed by atoms with Crippen LogP contribution in [0, 0.1) is 29.1 Å². The quantitative estimate of drug-likeness (QED) is 0.500. The molecule has 0 saturated carbocycles. The van der Waals surface area contributed by atoms with Crippen molar-refractivity contribution in [2.24, 2.45) is 0 Å². The predicted molar refractivity (Wildman–Crippen MR) is 64.2 cm³/mol. The van der Waals surface area contributed by atoms with Gasteiger partial charge in [-0.1, -0.05) is 0 Å². The fraction of sp³-hybridized carbons (Fsp3) is 0.462. The second-order valence-electron chi connectivity index (χ2n) is 5.21. The molecule has 0 radical (unpaired) electrons. The molecule has 1 heterocycles. The molecule has 0 atom stereocenters. The Hall–Kier alpha value is -1.70. The van der Waals surface area contributed by atoms with Gasteiger partial charge in [0.15, 0.2) is 23.3 Å². The van der Waals surface area contributed by atoms with E-state index in [-0.39, 0.29) is 0 Å². The van der Waals surface area contributed by atoms with Gasteiger partial charge in [-0.05, 0) is 32.9 Å². The van der Waals surface area contributed by atoms with Gasteiger partial charge in [0, 0.05) is 5.54 Å². The molecule has 1 aliphatic heterocycles. The molecule has 1 amide bonds. The molecule has 1 fully saturated rings. The number of carbonyl (C=O) groups is 1. The van der Waals surface area contributed by atoms with E-state index in [4.69, 9.17) is 0 Å². The highest BCUT2D eigenvalue weighted by Gasteiger charge is 2.34. The van der Waals surface area contributed by atoms with Crippen LogP contribution in [0.25, 0.3) is 0 Å². The van der Waals surface area contributed by atoms with Gasteiger partial charge < -0.3 is 10.6 Å². The maximum absolute atomic E-state index is 13.5. The molecule has 2 N–H and O–H groups in total. The zero-order valence-electron chi connectivity index (χ0n) is 11.1. The molecule has 0 spiro atoms. The van der Waals surface area contributed by atoms with Crippen molar-refractivity contribution in [2.45, 2.75) is 25.3 Å². The molecular formula is C13H13F5N2O. The molecule has 0 bridgehead atoms. The van der Waals surface area contributed by atoms with E-state index < -0.39 is 46.1 Å². The molecule has 116 valence electrons. The van der Waals surface area contributed by atoms with Crippen LogP contribution in [0.3, 0.4) is 0 Å². The molecule has 1 aromatic carbocycles. The summed E-state index contributed by atoms with van der Waals surface area (Å²) >= 11 is 0. The largest absolute Gasteiger partial charge is 0.347 e. The van der Waals surface area contributed by atoms with Crippen LogP contribution in [0.5, 0.6) is 0 Å². The lowest BCUT2D eigenvalue weighted by molar-refractivity contribution is 0.0875. The summed E-state index contributed by atoms with van der Waals surface area (Å²) in [5.41, 5.74) is -2.21. The summed E-state index contributed by atoms with van der Waals surface area (Å²) in [5, 5.41) is 5.38. The maximum Gasteiger partial charge on any atom is 0.257 e. The van der Waals surface area contributed by atoms with E-state index in [2.05, 4.69) is 10.6 Å². The minimum Gasteiger partial charge on any atom is -0.347 e. The highest BCUT2D eigenvalue weighted by molar-refractivity contribution is 5.95. The average molecular weight is 308 g/mol. The van der Waals surface area contributed by atoms with Crippen molar-refractivity contribution >= 4 is 5.91 Å². The molecule has 1 aromatic rings. The van der Waals surface area contributed by atoms with E-state index >= 15 is 0 Å². The number of benzene rings is 1. The number of hydrogen-bond donors (Lipinski definition) is 2. The maximum atomic E-state index is 13.5. The lowest BCUT2D eigenvalue weighted by Gasteiger charge is -2.35. The monoisotopic (exact) mass is 308 g/mol. The van der Waals surface area contributed by atoms with Gasteiger partial charge in [-0.15, -0.1) is 0 Å². The van der Waals surface area contributed by atoms with E-state index in [1.54, 1.807) is 6.92 Å². The number of amides is 1. The number of carbonyl (C=O) groups excluding carboxylic acids is 1. The van der Waals surface area contributed by atoms with Crippen LogP contribution in [0.4, 0.5) is 22.0 Å². The Morgan fingerprint density at radius 2 is 1.38 bits per heavy atom. The van der Waals surface area contributed by atoms with Crippen molar-refractivity contribution in [2.75, 3.05) is 13.1 Å². The van der Waals surface area contributed by atoms with E-state index in [1.807, 2.05) is 0 Å². The fourth-order valence-electron chi connectivity index (χ4n) is 2.24. The molecule has 8 heteroatoms. The molecule has 21 heavy (non-hydrogen) atoms. The minimum absolute atomic E-state index is 0.480. The lowest BCUT2D eigenvalue weighted by atomic mass is 9.90. The number of rotatable bonds is 2. The van der Waals surface area contributed by atoms with Crippen LogP contribution in [-0.2, 0) is 0 Å². The van der Waals surface area contributed by atoms with E-state index in [1.165, 1.54) is 0 Å². The number of hydrogen-bond acceptors (Lipinski definition) is 2. The summed E-state index contributed by atoms with van der Waals surface area (Å²) < 4.78 is 66.2. The molecule has 1 aliphatic rings. The van der Waals surface area contributed by atoms with Gasteiger partial charge in [-0.2, -0.15) is 0 Å². The number of piperidine rings is 1. The SMILES string of the molecule is CC1(NC(=O)c2c(F)c(F)c(F)c(F)c2F)CCNCC1. The van der Waals surface area contributed by atoms with Crippen LogP contribution in [0.15, 0.2) is 0 Å². The van der Waals surface area contributed by atoms with Crippen molar-refractivity contribution in [3.05, 3.63) is 34.6 Å². The zero-order chi connectivity index (χ0) is 15.8. The van der Waals surface area contributed by atoms with Crippen LogP contribution in [-0.4, -0.2) is 24.5 Å². The van der Waals surface area contributed by atoms with Gasteiger partial charge in [0.25, 0.3) is 5.91 Å². The Bertz CT molecular complexity index is 555. The van der Waals surface area contributed by atoms with E-state index in [0.717, 1.165) is 0 Å². The molecule has 1 saturated heterocycles. The van der Waals surface area contributed by atoms with Crippen LogP contribution < -0.4 is 10.6 Å². The van der Waals surface area contributed by atoms with Crippen molar-refractivity contribution < 1.29 is 26.7 Å². The molecule has 0 aromatic heterocycles. The lowest BCUT2D eigenvalue weighted by Crippen LogP contribution is -2.52. The first-order valence-electron chi connectivity index (χ1n) is 6.31. The molecule has 0 unspecified atom stereocenters. The van der Waals surface area contributed by atoms with Crippen LogP contribution >= 0.6 is 0 Å². The Morgan fingerprint density at radius 3 is 1.86 bits per heavy atom. The third-order valence-corrected chi connectivity index (χ3v) is 3.56. The Balaban J connectivity index is 2.36. The summed E-state index contributed by atoms with van der Waals surface area (Å²) in [6.07, 6.45) is 0.961. The number of nitrogens with one attached hydrogen (secondary N) is 2. The molecule has 0 aliphatic carbocycles. The first-order chi connectivity index (χ1) is 9.77. The van der Waals surface area contributed by atoms with Crippen molar-refractivity contribution in [1.29, 1.82) is 0 Å². The Labute approximate surface area is 117 Å². The summed E-state index contributed by atoms with van der Waals surface area (Å²) in [4.78, 5) is 11.9. The van der Waals surface area contributed by atoms with Gasteiger partial charge in [0.05, 0.1) is 0 Å². The van der Waals surface area contributed by atoms with Crippen LogP contribution in [0.1, 0.15) is 30.1 Å². The van der Waals surface area contributed by atoms with Gasteiger partial charge in [0.1, 0.15) is 5.56 Å². The second kappa shape index (κ2) is 5.59. The average Bonchev–Trinajstić information content (AvgIpc) is 2.43. The third-order valence-electron chi connectivity index (χ3n) is 3.56. The molecular weight excluding hydrogens is 295 g/mol. The summed E-state index contributed by atoms with van der Waals surface area (Å²) in [6.45, 7) is 2.81. The van der Waals surface area contributed by atoms with Crippen molar-refractivity contribution in [3.8, 4) is 0 Å². The Morgan fingerprint density at radius 1 is 0.952 bits per heavy atom. The predicted octanol–water partition coefficient (Wildman–Crippen LogP) is 2.25. The Kier molecular flexibility index (Phi) is 4.18. The summed E-state index contributed by atoms with van der Waals surface area (Å²) in [5.74, 6) is -12.1. The van der Waals surface area contributed by atoms with Gasteiger partial charge in [0.2, 0.25) is 5.82 Å². The fourth-order valence-corrected chi connectivity index (χ4v) is 2.24.